The van der Waals surface area contributed by atoms with E-state index in [1.54, 1.807) is 19.3 Å². The first kappa shape index (κ1) is 15.2. The summed E-state index contributed by atoms with van der Waals surface area (Å²) >= 11 is 3.35. The minimum atomic E-state index is -0.111. The van der Waals surface area contributed by atoms with E-state index in [4.69, 9.17) is 4.74 Å². The molecule has 0 aliphatic rings. The average Bonchev–Trinajstić information content (AvgIpc) is 2.33. The zero-order chi connectivity index (χ0) is 12.6. The Morgan fingerprint density at radius 3 is 2.31 bits per heavy atom. The fourth-order valence-corrected chi connectivity index (χ4v) is 1.41. The second-order valence-corrected chi connectivity index (χ2v) is 4.32. The van der Waals surface area contributed by atoms with Crippen LogP contribution in [0.4, 0.5) is 0 Å². The summed E-state index contributed by atoms with van der Waals surface area (Å²) in [6.07, 6.45) is 8.02. The SMILES string of the molecule is C/C=C(/C=C\C(=C/C)OC)C(=O)C(Br)CC. The van der Waals surface area contributed by atoms with Crippen molar-refractivity contribution in [1.29, 1.82) is 0 Å². The van der Waals surface area contributed by atoms with Crippen molar-refractivity contribution in [3.05, 3.63) is 35.6 Å². The molecule has 0 rings (SSSR count). The lowest BCUT2D eigenvalue weighted by atomic mass is 10.1. The molecule has 3 heteroatoms. The molecular weight excluding hydrogens is 268 g/mol. The van der Waals surface area contributed by atoms with Crippen LogP contribution in [0.25, 0.3) is 0 Å². The maximum absolute atomic E-state index is 11.9. The fraction of sp³-hybridized carbons (Fsp3) is 0.462. The smallest absolute Gasteiger partial charge is 0.176 e. The molecule has 0 radical (unpaired) electrons. The number of methoxy groups -OCH3 is 1. The normalized spacial score (nSPS) is 15.3. The highest BCUT2D eigenvalue weighted by Crippen LogP contribution is 2.14. The first-order valence-corrected chi connectivity index (χ1v) is 6.25. The van der Waals surface area contributed by atoms with Gasteiger partial charge in [-0.25, -0.2) is 0 Å². The van der Waals surface area contributed by atoms with Gasteiger partial charge in [-0.05, 0) is 38.5 Å². The summed E-state index contributed by atoms with van der Waals surface area (Å²) in [5, 5.41) is 0. The molecule has 0 aromatic rings. The van der Waals surface area contributed by atoms with Gasteiger partial charge in [-0.15, -0.1) is 0 Å². The maximum atomic E-state index is 11.9. The van der Waals surface area contributed by atoms with Gasteiger partial charge in [-0.3, -0.25) is 4.79 Å². The Balaban J connectivity index is 4.73. The summed E-state index contributed by atoms with van der Waals surface area (Å²) in [6.45, 7) is 5.72. The zero-order valence-electron chi connectivity index (χ0n) is 10.3. The number of carbonyl (C=O) groups excluding carboxylic acids is 1. The number of halogens is 1. The average molecular weight is 287 g/mol. The number of rotatable bonds is 6. The van der Waals surface area contributed by atoms with Crippen molar-refractivity contribution in [2.45, 2.75) is 32.0 Å². The molecule has 0 spiro atoms. The van der Waals surface area contributed by atoms with Gasteiger partial charge in [0.05, 0.1) is 11.9 Å². The van der Waals surface area contributed by atoms with Crippen LogP contribution in [0, 0.1) is 0 Å². The summed E-state index contributed by atoms with van der Waals surface area (Å²) < 4.78 is 5.08. The van der Waals surface area contributed by atoms with Crippen molar-refractivity contribution in [3.8, 4) is 0 Å². The van der Waals surface area contributed by atoms with Crippen LogP contribution in [0.1, 0.15) is 27.2 Å². The van der Waals surface area contributed by atoms with E-state index < -0.39 is 0 Å². The van der Waals surface area contributed by atoms with Gasteiger partial charge in [0.1, 0.15) is 5.76 Å². The molecule has 0 aromatic heterocycles. The standard InChI is InChI=1S/C13H19BrO2/c1-5-10(13(15)12(14)7-3)8-9-11(6-2)16-4/h5-6,8-9,12H,7H2,1-4H3/b9-8-,10-5-,11-6+. The van der Waals surface area contributed by atoms with E-state index in [0.29, 0.717) is 5.57 Å². The van der Waals surface area contributed by atoms with Crippen LogP contribution in [0.15, 0.2) is 35.6 Å². The molecule has 0 saturated carbocycles. The molecule has 0 N–H and O–H groups in total. The first-order chi connectivity index (χ1) is 7.60. The molecule has 1 atom stereocenters. The minimum Gasteiger partial charge on any atom is -0.497 e. The molecular formula is C13H19BrO2. The van der Waals surface area contributed by atoms with Crippen molar-refractivity contribution in [2.24, 2.45) is 0 Å². The molecule has 0 amide bonds. The second-order valence-electron chi connectivity index (χ2n) is 3.21. The van der Waals surface area contributed by atoms with Crippen molar-refractivity contribution in [1.82, 2.24) is 0 Å². The third kappa shape index (κ3) is 4.79. The Bertz CT molecular complexity index is 314. The van der Waals surface area contributed by atoms with Gasteiger partial charge in [0.15, 0.2) is 5.78 Å². The van der Waals surface area contributed by atoms with E-state index >= 15 is 0 Å². The predicted molar refractivity (Wildman–Crippen MR) is 71.7 cm³/mol. The predicted octanol–water partition coefficient (Wildman–Crippen LogP) is 3.78. The summed E-state index contributed by atoms with van der Waals surface area (Å²) in [6, 6.07) is 0. The number of Topliss-reactive ketones (excluding diaryl/α,β-unsaturated/α-hetero) is 1. The van der Waals surface area contributed by atoms with E-state index in [-0.39, 0.29) is 10.6 Å². The number of ketones is 1. The van der Waals surface area contributed by atoms with Gasteiger partial charge >= 0.3 is 0 Å². The van der Waals surface area contributed by atoms with Gasteiger partial charge in [0, 0.05) is 5.57 Å². The van der Waals surface area contributed by atoms with Crippen LogP contribution in [-0.4, -0.2) is 17.7 Å². The Labute approximate surface area is 106 Å². The Morgan fingerprint density at radius 1 is 1.31 bits per heavy atom. The molecule has 0 fully saturated rings. The molecule has 1 unspecified atom stereocenters. The Kier molecular flexibility index (Phi) is 7.90. The van der Waals surface area contributed by atoms with Gasteiger partial charge < -0.3 is 4.74 Å². The monoisotopic (exact) mass is 286 g/mol. The highest BCUT2D eigenvalue weighted by atomic mass is 79.9. The molecule has 0 aliphatic heterocycles. The minimum absolute atomic E-state index is 0.104. The van der Waals surface area contributed by atoms with Crippen LogP contribution >= 0.6 is 15.9 Å². The molecule has 0 bridgehead atoms. The molecule has 90 valence electrons. The molecule has 0 aromatic carbocycles. The Morgan fingerprint density at radius 2 is 1.94 bits per heavy atom. The highest BCUT2D eigenvalue weighted by Gasteiger charge is 2.14. The lowest BCUT2D eigenvalue weighted by Gasteiger charge is -2.06. The van der Waals surface area contributed by atoms with E-state index in [1.807, 2.05) is 32.9 Å². The van der Waals surface area contributed by atoms with Crippen molar-refractivity contribution < 1.29 is 9.53 Å². The number of carbonyl (C=O) groups is 1. The number of alkyl halides is 1. The van der Waals surface area contributed by atoms with Gasteiger partial charge in [-0.1, -0.05) is 28.9 Å². The number of allylic oxidation sites excluding steroid dienone is 5. The number of hydrogen-bond donors (Lipinski definition) is 0. The highest BCUT2D eigenvalue weighted by molar-refractivity contribution is 9.10. The number of hydrogen-bond acceptors (Lipinski definition) is 2. The summed E-state index contributed by atoms with van der Waals surface area (Å²) in [5.41, 5.74) is 0.695. The lowest BCUT2D eigenvalue weighted by molar-refractivity contribution is -0.114. The van der Waals surface area contributed by atoms with Crippen LogP contribution < -0.4 is 0 Å². The molecule has 0 heterocycles. The van der Waals surface area contributed by atoms with Crippen LogP contribution in [0.2, 0.25) is 0 Å². The van der Waals surface area contributed by atoms with Gasteiger partial charge in [-0.2, -0.15) is 0 Å². The van der Waals surface area contributed by atoms with E-state index in [9.17, 15) is 4.79 Å². The molecule has 0 aliphatic carbocycles. The van der Waals surface area contributed by atoms with Crippen molar-refractivity contribution >= 4 is 21.7 Å². The second kappa shape index (κ2) is 8.34. The molecule has 0 saturated heterocycles. The summed E-state index contributed by atoms with van der Waals surface area (Å²) in [4.78, 5) is 11.8. The zero-order valence-corrected chi connectivity index (χ0v) is 11.9. The quantitative estimate of drug-likeness (QED) is 0.321. The number of ether oxygens (including phenoxy) is 1. The summed E-state index contributed by atoms with van der Waals surface area (Å²) in [7, 11) is 1.61. The van der Waals surface area contributed by atoms with E-state index in [0.717, 1.165) is 12.2 Å². The van der Waals surface area contributed by atoms with E-state index in [2.05, 4.69) is 15.9 Å². The largest absolute Gasteiger partial charge is 0.497 e. The van der Waals surface area contributed by atoms with Crippen LogP contribution in [0.3, 0.4) is 0 Å². The third-order valence-electron chi connectivity index (χ3n) is 2.19. The third-order valence-corrected chi connectivity index (χ3v) is 3.25. The molecule has 2 nitrogen and oxygen atoms in total. The van der Waals surface area contributed by atoms with Crippen LogP contribution in [0.5, 0.6) is 0 Å². The summed E-state index contributed by atoms with van der Waals surface area (Å²) in [5.74, 6) is 0.850. The Hall–Kier alpha value is -0.830. The van der Waals surface area contributed by atoms with Crippen molar-refractivity contribution in [3.63, 3.8) is 0 Å². The first-order valence-electron chi connectivity index (χ1n) is 5.33. The van der Waals surface area contributed by atoms with Crippen molar-refractivity contribution in [2.75, 3.05) is 7.11 Å². The molecule has 16 heavy (non-hydrogen) atoms. The topological polar surface area (TPSA) is 26.3 Å². The van der Waals surface area contributed by atoms with E-state index in [1.165, 1.54) is 0 Å². The van der Waals surface area contributed by atoms with Gasteiger partial charge in [0.25, 0.3) is 0 Å². The van der Waals surface area contributed by atoms with Crippen LogP contribution in [-0.2, 0) is 9.53 Å². The maximum Gasteiger partial charge on any atom is 0.176 e. The lowest BCUT2D eigenvalue weighted by Crippen LogP contribution is -2.14. The fourth-order valence-electron chi connectivity index (χ4n) is 1.14. The van der Waals surface area contributed by atoms with Gasteiger partial charge in [0.2, 0.25) is 0 Å².